The third-order valence-corrected chi connectivity index (χ3v) is 4.45. The van der Waals surface area contributed by atoms with Crippen LogP contribution < -0.4 is 9.64 Å². The first kappa shape index (κ1) is 16.3. The quantitative estimate of drug-likeness (QED) is 0.866. The van der Waals surface area contributed by atoms with Crippen LogP contribution in [0, 0.1) is 0 Å². The molecule has 0 radical (unpaired) electrons. The lowest BCUT2D eigenvalue weighted by Gasteiger charge is -2.25. The molecule has 2 heterocycles. The van der Waals surface area contributed by atoms with Crippen molar-refractivity contribution in [2.24, 2.45) is 0 Å². The van der Waals surface area contributed by atoms with Crippen LogP contribution in [0.1, 0.15) is 34.8 Å². The van der Waals surface area contributed by atoms with E-state index in [9.17, 15) is 4.79 Å². The Morgan fingerprint density at radius 1 is 1.29 bits per heavy atom. The predicted molar refractivity (Wildman–Crippen MR) is 94.6 cm³/mol. The van der Waals surface area contributed by atoms with Crippen LogP contribution in [0.2, 0.25) is 0 Å². The molecule has 126 valence electrons. The van der Waals surface area contributed by atoms with Crippen molar-refractivity contribution in [3.63, 3.8) is 0 Å². The van der Waals surface area contributed by atoms with Crippen LogP contribution in [0.5, 0.6) is 5.75 Å². The summed E-state index contributed by atoms with van der Waals surface area (Å²) in [6.45, 7) is 0.774. The Hall–Kier alpha value is -2.56. The van der Waals surface area contributed by atoms with E-state index in [1.807, 2.05) is 54.2 Å². The van der Waals surface area contributed by atoms with Crippen LogP contribution in [0.15, 0.2) is 42.6 Å². The molecule has 1 aromatic heterocycles. The average molecular weight is 325 g/mol. The van der Waals surface area contributed by atoms with E-state index in [2.05, 4.69) is 11.1 Å². The van der Waals surface area contributed by atoms with Gasteiger partial charge in [-0.1, -0.05) is 12.1 Å². The van der Waals surface area contributed by atoms with Gasteiger partial charge in [-0.05, 0) is 42.7 Å². The number of likely N-dealkylation sites (tertiary alicyclic amines) is 1. The van der Waals surface area contributed by atoms with Crippen molar-refractivity contribution in [2.45, 2.75) is 18.9 Å². The number of rotatable bonds is 4. The number of methoxy groups -OCH3 is 1. The normalized spacial score (nSPS) is 17.0. The molecule has 0 bridgehead atoms. The molecule has 1 aliphatic heterocycles. The number of anilines is 1. The average Bonchev–Trinajstić information content (AvgIpc) is 3.11. The van der Waals surface area contributed by atoms with E-state index in [1.54, 1.807) is 13.3 Å². The fourth-order valence-electron chi connectivity index (χ4n) is 3.15. The largest absolute Gasteiger partial charge is 0.497 e. The van der Waals surface area contributed by atoms with Crippen LogP contribution in [0.3, 0.4) is 0 Å². The molecule has 24 heavy (non-hydrogen) atoms. The van der Waals surface area contributed by atoms with Gasteiger partial charge in [0.15, 0.2) is 0 Å². The molecule has 0 aliphatic carbocycles. The molecule has 5 heteroatoms. The van der Waals surface area contributed by atoms with Crippen LogP contribution in [-0.2, 0) is 0 Å². The van der Waals surface area contributed by atoms with Crippen molar-refractivity contribution >= 4 is 11.7 Å². The highest BCUT2D eigenvalue weighted by Gasteiger charge is 2.30. The van der Waals surface area contributed by atoms with Crippen molar-refractivity contribution in [3.8, 4) is 5.75 Å². The van der Waals surface area contributed by atoms with Crippen LogP contribution in [0.25, 0.3) is 0 Å². The molecule has 3 rings (SSSR count). The Labute approximate surface area is 142 Å². The van der Waals surface area contributed by atoms with E-state index in [0.717, 1.165) is 36.5 Å². The molecule has 1 saturated heterocycles. The number of pyridine rings is 1. The monoisotopic (exact) mass is 325 g/mol. The van der Waals surface area contributed by atoms with Crippen molar-refractivity contribution in [1.29, 1.82) is 0 Å². The van der Waals surface area contributed by atoms with Gasteiger partial charge in [0.1, 0.15) is 11.6 Å². The fourth-order valence-corrected chi connectivity index (χ4v) is 3.15. The smallest absolute Gasteiger partial charge is 0.255 e. The number of ether oxygens (including phenoxy) is 1. The first-order valence-electron chi connectivity index (χ1n) is 8.18. The third-order valence-electron chi connectivity index (χ3n) is 4.45. The second kappa shape index (κ2) is 6.91. The van der Waals surface area contributed by atoms with Gasteiger partial charge >= 0.3 is 0 Å². The molecule has 1 atom stereocenters. The summed E-state index contributed by atoms with van der Waals surface area (Å²) in [7, 11) is 5.53. The second-order valence-corrected chi connectivity index (χ2v) is 6.23. The van der Waals surface area contributed by atoms with E-state index in [1.165, 1.54) is 0 Å². The number of amides is 1. The molecular formula is C19H23N3O2. The molecule has 0 saturated carbocycles. The lowest BCUT2D eigenvalue weighted by molar-refractivity contribution is 0.0735. The highest BCUT2D eigenvalue weighted by Crippen LogP contribution is 2.34. The van der Waals surface area contributed by atoms with Gasteiger partial charge in [-0.2, -0.15) is 0 Å². The minimum atomic E-state index is 0.0399. The van der Waals surface area contributed by atoms with Crippen LogP contribution >= 0.6 is 0 Å². The van der Waals surface area contributed by atoms with Crippen molar-refractivity contribution < 1.29 is 9.53 Å². The van der Waals surface area contributed by atoms with Crippen LogP contribution in [-0.4, -0.2) is 43.5 Å². The van der Waals surface area contributed by atoms with E-state index in [-0.39, 0.29) is 11.9 Å². The molecule has 1 unspecified atom stereocenters. The van der Waals surface area contributed by atoms with Gasteiger partial charge in [-0.3, -0.25) is 4.79 Å². The zero-order chi connectivity index (χ0) is 17.1. The molecule has 5 nitrogen and oxygen atoms in total. The highest BCUT2D eigenvalue weighted by molar-refractivity contribution is 5.94. The van der Waals surface area contributed by atoms with Gasteiger partial charge in [0.2, 0.25) is 0 Å². The highest BCUT2D eigenvalue weighted by atomic mass is 16.5. The lowest BCUT2D eigenvalue weighted by Crippen LogP contribution is -2.30. The molecule has 1 fully saturated rings. The lowest BCUT2D eigenvalue weighted by atomic mass is 10.0. The number of carbonyl (C=O) groups is 1. The first-order chi connectivity index (χ1) is 11.6. The maximum atomic E-state index is 12.9. The summed E-state index contributed by atoms with van der Waals surface area (Å²) < 4.78 is 5.31. The number of nitrogens with zero attached hydrogens (tertiary/aromatic N) is 3. The zero-order valence-corrected chi connectivity index (χ0v) is 14.4. The molecular weight excluding hydrogens is 302 g/mol. The van der Waals surface area contributed by atoms with Gasteiger partial charge in [-0.25, -0.2) is 4.98 Å². The maximum Gasteiger partial charge on any atom is 0.255 e. The molecule has 1 aromatic carbocycles. The summed E-state index contributed by atoms with van der Waals surface area (Å²) in [5, 5.41) is 0. The number of carbonyl (C=O) groups excluding carboxylic acids is 1. The first-order valence-corrected chi connectivity index (χ1v) is 8.18. The Kier molecular flexibility index (Phi) is 4.69. The molecule has 1 amide bonds. The molecule has 1 aliphatic rings. The number of aromatic nitrogens is 1. The summed E-state index contributed by atoms with van der Waals surface area (Å²) in [4.78, 5) is 21.1. The predicted octanol–water partition coefficient (Wildman–Crippen LogP) is 3.13. The van der Waals surface area contributed by atoms with Crippen molar-refractivity contribution in [1.82, 2.24) is 9.88 Å². The van der Waals surface area contributed by atoms with Gasteiger partial charge in [0, 0.05) is 26.8 Å². The Balaban J connectivity index is 1.82. The fraction of sp³-hybridized carbons (Fsp3) is 0.368. The summed E-state index contributed by atoms with van der Waals surface area (Å²) in [6, 6.07) is 11.8. The third kappa shape index (κ3) is 3.20. The number of benzene rings is 1. The zero-order valence-electron chi connectivity index (χ0n) is 14.4. The van der Waals surface area contributed by atoms with E-state index in [0.29, 0.717) is 5.56 Å². The standard InChI is InChI=1S/C19H23N3O2/c1-21(2)18-10-9-15(13-20-18)19(23)22-11-5-8-17(22)14-6-4-7-16(12-14)24-3/h4,6-7,9-10,12-13,17H,5,8,11H2,1-3H3. The Bertz CT molecular complexity index is 713. The number of hydrogen-bond donors (Lipinski definition) is 0. The molecule has 0 N–H and O–H groups in total. The van der Waals surface area contributed by atoms with Gasteiger partial charge in [0.25, 0.3) is 5.91 Å². The maximum absolute atomic E-state index is 12.9. The van der Waals surface area contributed by atoms with Gasteiger partial charge in [-0.15, -0.1) is 0 Å². The Morgan fingerprint density at radius 2 is 2.12 bits per heavy atom. The van der Waals surface area contributed by atoms with Crippen molar-refractivity contribution in [2.75, 3.05) is 32.6 Å². The van der Waals surface area contributed by atoms with E-state index in [4.69, 9.17) is 4.74 Å². The van der Waals surface area contributed by atoms with E-state index < -0.39 is 0 Å². The molecule has 2 aromatic rings. The van der Waals surface area contributed by atoms with Crippen molar-refractivity contribution in [3.05, 3.63) is 53.7 Å². The van der Waals surface area contributed by atoms with Crippen LogP contribution in [0.4, 0.5) is 5.82 Å². The Morgan fingerprint density at radius 3 is 2.79 bits per heavy atom. The number of hydrogen-bond acceptors (Lipinski definition) is 4. The minimum absolute atomic E-state index is 0.0399. The topological polar surface area (TPSA) is 45.7 Å². The summed E-state index contributed by atoms with van der Waals surface area (Å²) >= 11 is 0. The summed E-state index contributed by atoms with van der Waals surface area (Å²) in [6.07, 6.45) is 3.65. The van der Waals surface area contributed by atoms with E-state index >= 15 is 0 Å². The summed E-state index contributed by atoms with van der Waals surface area (Å²) in [5.41, 5.74) is 1.76. The molecule has 0 spiro atoms. The van der Waals surface area contributed by atoms with Gasteiger partial charge < -0.3 is 14.5 Å². The second-order valence-electron chi connectivity index (χ2n) is 6.23. The SMILES string of the molecule is COc1cccc(C2CCCN2C(=O)c2ccc(N(C)C)nc2)c1. The minimum Gasteiger partial charge on any atom is -0.497 e. The summed E-state index contributed by atoms with van der Waals surface area (Å²) in [5.74, 6) is 1.71. The van der Waals surface area contributed by atoms with Gasteiger partial charge in [0.05, 0.1) is 18.7 Å².